The van der Waals surface area contributed by atoms with E-state index in [2.05, 4.69) is 0 Å². The molecule has 0 bridgehead atoms. The van der Waals surface area contributed by atoms with Crippen molar-refractivity contribution in [1.82, 2.24) is 0 Å². The van der Waals surface area contributed by atoms with Gasteiger partial charge in [0, 0.05) is 6.07 Å². The van der Waals surface area contributed by atoms with Crippen LogP contribution >= 0.6 is 0 Å². The highest BCUT2D eigenvalue weighted by atomic mass is 16.5. The highest BCUT2D eigenvalue weighted by Gasteiger charge is 2.28. The lowest BCUT2D eigenvalue weighted by molar-refractivity contribution is 0.101. The summed E-state index contributed by atoms with van der Waals surface area (Å²) in [5.41, 5.74) is 2.12. The van der Waals surface area contributed by atoms with E-state index in [0.29, 0.717) is 46.5 Å². The van der Waals surface area contributed by atoms with Crippen LogP contribution in [-0.2, 0) is 6.61 Å². The fourth-order valence-electron chi connectivity index (χ4n) is 3.52. The van der Waals surface area contributed by atoms with Gasteiger partial charge in [0.25, 0.3) is 0 Å². The summed E-state index contributed by atoms with van der Waals surface area (Å²) in [7, 11) is 6.23. The molecule has 1 aliphatic heterocycles. The lowest BCUT2D eigenvalue weighted by Crippen LogP contribution is -1.99. The smallest absolute Gasteiger partial charge is 0.231 e. The van der Waals surface area contributed by atoms with E-state index in [1.54, 1.807) is 43.5 Å². The largest absolute Gasteiger partial charge is 0.497 e. The topological polar surface area (TPSA) is 72.5 Å². The Morgan fingerprint density at radius 3 is 2.24 bits per heavy atom. The van der Waals surface area contributed by atoms with Crippen molar-refractivity contribution in [3.63, 3.8) is 0 Å². The fraction of sp³-hybridized carbons (Fsp3) is 0.192. The van der Waals surface area contributed by atoms with Gasteiger partial charge >= 0.3 is 0 Å². The number of ether oxygens (including phenoxy) is 6. The van der Waals surface area contributed by atoms with Crippen LogP contribution < -0.4 is 28.4 Å². The van der Waals surface area contributed by atoms with Gasteiger partial charge in [-0.3, -0.25) is 4.79 Å². The maximum atomic E-state index is 12.9. The zero-order valence-corrected chi connectivity index (χ0v) is 18.8. The molecule has 0 aromatic heterocycles. The Hall–Kier alpha value is -4.13. The molecule has 1 aliphatic rings. The summed E-state index contributed by atoms with van der Waals surface area (Å²) in [5.74, 6) is 3.24. The molecule has 0 saturated heterocycles. The van der Waals surface area contributed by atoms with Crippen LogP contribution in [0.25, 0.3) is 6.08 Å². The van der Waals surface area contributed by atoms with Crippen LogP contribution in [0.3, 0.4) is 0 Å². The van der Waals surface area contributed by atoms with Crippen molar-refractivity contribution in [1.29, 1.82) is 0 Å². The van der Waals surface area contributed by atoms with Crippen molar-refractivity contribution >= 4 is 11.9 Å². The number of methoxy groups -OCH3 is 4. The van der Waals surface area contributed by atoms with Gasteiger partial charge in [-0.15, -0.1) is 0 Å². The van der Waals surface area contributed by atoms with Crippen LogP contribution in [0, 0.1) is 0 Å². The second-order valence-electron chi connectivity index (χ2n) is 7.20. The van der Waals surface area contributed by atoms with Gasteiger partial charge < -0.3 is 28.4 Å². The van der Waals surface area contributed by atoms with Crippen molar-refractivity contribution in [3.8, 4) is 34.5 Å². The monoisotopic (exact) mass is 448 g/mol. The van der Waals surface area contributed by atoms with E-state index >= 15 is 0 Å². The van der Waals surface area contributed by atoms with Gasteiger partial charge in [0.05, 0.1) is 34.0 Å². The van der Waals surface area contributed by atoms with Crippen LogP contribution in [0.1, 0.15) is 21.5 Å². The molecule has 1 heterocycles. The van der Waals surface area contributed by atoms with Gasteiger partial charge in [-0.2, -0.15) is 0 Å². The highest BCUT2D eigenvalue weighted by molar-refractivity contribution is 6.14. The summed E-state index contributed by atoms with van der Waals surface area (Å²) in [4.78, 5) is 12.9. The summed E-state index contributed by atoms with van der Waals surface area (Å²) in [6, 6.07) is 16.3. The third kappa shape index (κ3) is 4.57. The van der Waals surface area contributed by atoms with E-state index in [-0.39, 0.29) is 11.5 Å². The third-order valence-corrected chi connectivity index (χ3v) is 5.17. The molecule has 170 valence electrons. The molecule has 0 spiro atoms. The first-order valence-electron chi connectivity index (χ1n) is 10.2. The van der Waals surface area contributed by atoms with Crippen molar-refractivity contribution in [3.05, 3.63) is 77.0 Å². The summed E-state index contributed by atoms with van der Waals surface area (Å²) in [6.07, 6.45) is 1.64. The number of rotatable bonds is 8. The first-order valence-corrected chi connectivity index (χ1v) is 10.2. The fourth-order valence-corrected chi connectivity index (χ4v) is 3.52. The van der Waals surface area contributed by atoms with E-state index in [4.69, 9.17) is 28.4 Å². The summed E-state index contributed by atoms with van der Waals surface area (Å²) in [6.45, 7) is 0.359. The quantitative estimate of drug-likeness (QED) is 0.453. The molecule has 0 unspecified atom stereocenters. The second kappa shape index (κ2) is 9.56. The zero-order chi connectivity index (χ0) is 23.4. The van der Waals surface area contributed by atoms with E-state index in [9.17, 15) is 4.79 Å². The van der Waals surface area contributed by atoms with Crippen molar-refractivity contribution < 1.29 is 33.2 Å². The number of allylic oxidation sites excluding steroid dienone is 1. The van der Waals surface area contributed by atoms with E-state index < -0.39 is 0 Å². The number of hydrogen-bond acceptors (Lipinski definition) is 7. The summed E-state index contributed by atoms with van der Waals surface area (Å²) >= 11 is 0. The second-order valence-corrected chi connectivity index (χ2v) is 7.20. The number of carbonyl (C=O) groups is 1. The van der Waals surface area contributed by atoms with Gasteiger partial charge in [-0.25, -0.2) is 0 Å². The maximum absolute atomic E-state index is 12.9. The van der Waals surface area contributed by atoms with E-state index in [1.807, 2.05) is 24.3 Å². The average Bonchev–Trinajstić information content (AvgIpc) is 3.16. The Bertz CT molecular complexity index is 1190. The molecule has 0 saturated carbocycles. The lowest BCUT2D eigenvalue weighted by Gasteiger charge is -2.13. The number of benzene rings is 3. The lowest BCUT2D eigenvalue weighted by atomic mass is 10.1. The molecule has 0 atom stereocenters. The molecule has 0 radical (unpaired) electrons. The van der Waals surface area contributed by atoms with Gasteiger partial charge in [0.15, 0.2) is 17.3 Å². The van der Waals surface area contributed by atoms with E-state index in [0.717, 1.165) is 11.3 Å². The van der Waals surface area contributed by atoms with Gasteiger partial charge in [0.1, 0.15) is 23.9 Å². The minimum atomic E-state index is -0.210. The number of carbonyl (C=O) groups excluding carboxylic acids is 1. The Labute approximate surface area is 192 Å². The molecular formula is C26H24O7. The predicted octanol–water partition coefficient (Wildman–Crippen LogP) is 4.92. The highest BCUT2D eigenvalue weighted by Crippen LogP contribution is 2.40. The number of fused-ring (bicyclic) bond motifs is 1. The summed E-state index contributed by atoms with van der Waals surface area (Å²) < 4.78 is 33.1. The van der Waals surface area contributed by atoms with Crippen molar-refractivity contribution in [2.45, 2.75) is 6.61 Å². The number of hydrogen-bond donors (Lipinski definition) is 0. The molecule has 0 N–H and O–H groups in total. The van der Waals surface area contributed by atoms with Gasteiger partial charge in [-0.1, -0.05) is 12.1 Å². The minimum Gasteiger partial charge on any atom is -0.497 e. The molecule has 33 heavy (non-hydrogen) atoms. The van der Waals surface area contributed by atoms with Crippen LogP contribution in [0.4, 0.5) is 0 Å². The molecular weight excluding hydrogens is 424 g/mol. The first kappa shape index (κ1) is 22.1. The van der Waals surface area contributed by atoms with Crippen molar-refractivity contribution in [2.75, 3.05) is 28.4 Å². The Balaban J connectivity index is 1.54. The Kier molecular flexibility index (Phi) is 6.40. The summed E-state index contributed by atoms with van der Waals surface area (Å²) in [5, 5.41) is 0. The van der Waals surface area contributed by atoms with Crippen LogP contribution in [-0.4, -0.2) is 34.2 Å². The Morgan fingerprint density at radius 2 is 1.58 bits per heavy atom. The zero-order valence-electron chi connectivity index (χ0n) is 18.8. The molecule has 7 heteroatoms. The number of Topliss-reactive ketones (excluding diaryl/α,β-unsaturated/α-hetero) is 1. The maximum Gasteiger partial charge on any atom is 0.231 e. The SMILES string of the molecule is COc1cccc(COc2ccc3c(c2)OC(=Cc2cc(OC)c(OC)c(OC)c2)C3=O)c1. The van der Waals surface area contributed by atoms with Gasteiger partial charge in [0.2, 0.25) is 11.5 Å². The molecule has 0 amide bonds. The molecule has 4 rings (SSSR count). The normalized spacial score (nSPS) is 13.3. The third-order valence-electron chi connectivity index (χ3n) is 5.17. The molecule has 7 nitrogen and oxygen atoms in total. The predicted molar refractivity (Wildman–Crippen MR) is 123 cm³/mol. The molecule has 3 aromatic rings. The van der Waals surface area contributed by atoms with Crippen LogP contribution in [0.15, 0.2) is 60.4 Å². The van der Waals surface area contributed by atoms with E-state index in [1.165, 1.54) is 21.3 Å². The first-order chi connectivity index (χ1) is 16.1. The molecule has 0 fully saturated rings. The van der Waals surface area contributed by atoms with Crippen LogP contribution in [0.2, 0.25) is 0 Å². The Morgan fingerprint density at radius 1 is 0.818 bits per heavy atom. The standard InChI is InChI=1S/C26H24O7/c1-28-18-7-5-6-16(10-18)15-32-19-8-9-20-21(14-19)33-22(25(20)27)11-17-12-23(29-2)26(31-4)24(13-17)30-3/h5-14H,15H2,1-4H3. The van der Waals surface area contributed by atoms with Gasteiger partial charge in [-0.05, 0) is 53.6 Å². The minimum absolute atomic E-state index is 0.198. The molecule has 3 aromatic carbocycles. The average molecular weight is 448 g/mol. The van der Waals surface area contributed by atoms with Crippen LogP contribution in [0.5, 0.6) is 34.5 Å². The number of ketones is 1. The van der Waals surface area contributed by atoms with Crippen molar-refractivity contribution in [2.24, 2.45) is 0 Å². The molecule has 0 aliphatic carbocycles.